The summed E-state index contributed by atoms with van der Waals surface area (Å²) in [6.45, 7) is 0. The molecule has 0 saturated carbocycles. The van der Waals surface area contributed by atoms with Gasteiger partial charge in [0.1, 0.15) is 11.1 Å². The van der Waals surface area contributed by atoms with Crippen LogP contribution in [0.15, 0.2) is 57.7 Å². The van der Waals surface area contributed by atoms with Crippen molar-refractivity contribution in [3.63, 3.8) is 0 Å². The Labute approximate surface area is 146 Å². The maximum atomic E-state index is 12.5. The van der Waals surface area contributed by atoms with Crippen LogP contribution in [0.3, 0.4) is 0 Å². The number of benzene rings is 2. The second-order valence-corrected chi connectivity index (χ2v) is 6.00. The molecule has 25 heavy (non-hydrogen) atoms. The van der Waals surface area contributed by atoms with E-state index in [0.717, 1.165) is 5.52 Å². The summed E-state index contributed by atoms with van der Waals surface area (Å²) in [5, 5.41) is 3.88. The molecule has 0 unspecified atom stereocenters. The van der Waals surface area contributed by atoms with E-state index >= 15 is 0 Å². The molecule has 2 heterocycles. The summed E-state index contributed by atoms with van der Waals surface area (Å²) in [4.78, 5) is 29.0. The van der Waals surface area contributed by atoms with E-state index in [-0.39, 0.29) is 5.56 Å². The lowest BCUT2D eigenvalue weighted by Crippen LogP contribution is -2.22. The highest BCUT2D eigenvalue weighted by Gasteiger charge is 2.17. The summed E-state index contributed by atoms with van der Waals surface area (Å²) < 4.78 is 6.91. The smallest absolute Gasteiger partial charge is 0.349 e. The normalized spacial score (nSPS) is 11.1. The Morgan fingerprint density at radius 1 is 1.20 bits per heavy atom. The third kappa shape index (κ3) is 2.66. The van der Waals surface area contributed by atoms with E-state index < -0.39 is 11.5 Å². The van der Waals surface area contributed by atoms with Crippen LogP contribution in [0.2, 0.25) is 5.02 Å². The van der Waals surface area contributed by atoms with Gasteiger partial charge in [0.2, 0.25) is 5.95 Å². The average molecular weight is 354 g/mol. The number of halogens is 1. The van der Waals surface area contributed by atoms with Gasteiger partial charge in [0, 0.05) is 17.5 Å². The van der Waals surface area contributed by atoms with Crippen LogP contribution in [0.5, 0.6) is 0 Å². The van der Waals surface area contributed by atoms with Crippen molar-refractivity contribution in [3.8, 4) is 0 Å². The molecule has 0 saturated heterocycles. The van der Waals surface area contributed by atoms with Gasteiger partial charge in [-0.25, -0.2) is 9.78 Å². The summed E-state index contributed by atoms with van der Waals surface area (Å²) in [6.07, 6.45) is 0. The number of anilines is 1. The van der Waals surface area contributed by atoms with Gasteiger partial charge in [-0.05, 0) is 30.3 Å². The SMILES string of the molecule is Cn1c(NC(=O)c2cc3ccccc3oc2=O)nc2cc(Cl)ccc21. The Bertz CT molecular complexity index is 1190. The molecule has 0 spiro atoms. The highest BCUT2D eigenvalue weighted by Crippen LogP contribution is 2.22. The van der Waals surface area contributed by atoms with E-state index in [0.29, 0.717) is 27.5 Å². The third-order valence-electron chi connectivity index (χ3n) is 3.95. The summed E-state index contributed by atoms with van der Waals surface area (Å²) in [6, 6.07) is 13.8. The van der Waals surface area contributed by atoms with Crippen molar-refractivity contribution in [1.29, 1.82) is 0 Å². The predicted octanol–water partition coefficient (Wildman–Crippen LogP) is 3.59. The van der Waals surface area contributed by atoms with Crippen LogP contribution in [0.4, 0.5) is 5.95 Å². The number of carbonyl (C=O) groups is 1. The number of hydrogen-bond donors (Lipinski definition) is 1. The van der Waals surface area contributed by atoms with Gasteiger partial charge in [0.25, 0.3) is 5.91 Å². The fraction of sp³-hybridized carbons (Fsp3) is 0.0556. The van der Waals surface area contributed by atoms with Crippen LogP contribution in [0.25, 0.3) is 22.0 Å². The fourth-order valence-electron chi connectivity index (χ4n) is 2.67. The number of rotatable bonds is 2. The zero-order valence-electron chi connectivity index (χ0n) is 13.1. The van der Waals surface area contributed by atoms with Gasteiger partial charge >= 0.3 is 5.63 Å². The van der Waals surface area contributed by atoms with Gasteiger partial charge in [0.05, 0.1) is 11.0 Å². The molecular weight excluding hydrogens is 342 g/mol. The fourth-order valence-corrected chi connectivity index (χ4v) is 2.84. The van der Waals surface area contributed by atoms with E-state index in [9.17, 15) is 9.59 Å². The first-order valence-corrected chi connectivity index (χ1v) is 7.87. The van der Waals surface area contributed by atoms with Gasteiger partial charge in [-0.3, -0.25) is 10.1 Å². The quantitative estimate of drug-likeness (QED) is 0.559. The molecule has 0 aliphatic heterocycles. The van der Waals surface area contributed by atoms with Crippen molar-refractivity contribution < 1.29 is 9.21 Å². The Morgan fingerprint density at radius 3 is 2.84 bits per heavy atom. The monoisotopic (exact) mass is 353 g/mol. The lowest BCUT2D eigenvalue weighted by Gasteiger charge is -2.05. The highest BCUT2D eigenvalue weighted by atomic mass is 35.5. The molecule has 6 nitrogen and oxygen atoms in total. The van der Waals surface area contributed by atoms with Crippen LogP contribution >= 0.6 is 11.6 Å². The number of nitrogens with zero attached hydrogens (tertiary/aromatic N) is 2. The first-order chi connectivity index (χ1) is 12.0. The number of aromatic nitrogens is 2. The molecule has 4 aromatic rings. The van der Waals surface area contributed by atoms with Gasteiger partial charge in [-0.15, -0.1) is 0 Å². The molecule has 1 N–H and O–H groups in total. The van der Waals surface area contributed by atoms with E-state index in [1.807, 2.05) is 6.07 Å². The maximum Gasteiger partial charge on any atom is 0.349 e. The first kappa shape index (κ1) is 15.4. The second kappa shape index (κ2) is 5.75. The van der Waals surface area contributed by atoms with Crippen molar-refractivity contribution >= 4 is 45.5 Å². The molecule has 0 atom stereocenters. The number of nitrogens with one attached hydrogen (secondary N) is 1. The Morgan fingerprint density at radius 2 is 2.00 bits per heavy atom. The van der Waals surface area contributed by atoms with E-state index in [4.69, 9.17) is 16.0 Å². The van der Waals surface area contributed by atoms with Crippen molar-refractivity contribution in [2.24, 2.45) is 7.05 Å². The van der Waals surface area contributed by atoms with Crippen molar-refractivity contribution in [1.82, 2.24) is 9.55 Å². The Kier molecular flexibility index (Phi) is 3.54. The molecule has 2 aromatic carbocycles. The third-order valence-corrected chi connectivity index (χ3v) is 4.19. The largest absolute Gasteiger partial charge is 0.422 e. The molecule has 0 bridgehead atoms. The van der Waals surface area contributed by atoms with Crippen LogP contribution in [0.1, 0.15) is 10.4 Å². The van der Waals surface area contributed by atoms with Crippen molar-refractivity contribution in [3.05, 3.63) is 69.5 Å². The minimum Gasteiger partial charge on any atom is -0.422 e. The van der Waals surface area contributed by atoms with Crippen LogP contribution in [-0.2, 0) is 7.05 Å². The minimum atomic E-state index is -0.696. The lowest BCUT2D eigenvalue weighted by molar-refractivity contribution is 0.102. The topological polar surface area (TPSA) is 77.1 Å². The lowest BCUT2D eigenvalue weighted by atomic mass is 10.2. The number of fused-ring (bicyclic) bond motifs is 2. The average Bonchev–Trinajstić information content (AvgIpc) is 2.89. The zero-order valence-corrected chi connectivity index (χ0v) is 13.9. The van der Waals surface area contributed by atoms with Crippen LogP contribution < -0.4 is 10.9 Å². The number of hydrogen-bond acceptors (Lipinski definition) is 4. The van der Waals surface area contributed by atoms with Gasteiger partial charge in [-0.2, -0.15) is 0 Å². The summed E-state index contributed by atoms with van der Waals surface area (Å²) in [5.74, 6) is -0.265. The van der Waals surface area contributed by atoms with Gasteiger partial charge in [-0.1, -0.05) is 29.8 Å². The molecule has 124 valence electrons. The standard InChI is InChI=1S/C18H12ClN3O3/c1-22-14-7-6-11(19)9-13(14)20-18(22)21-16(23)12-8-10-4-2-3-5-15(10)25-17(12)24/h2-9H,1H3,(H,20,21,23). The van der Waals surface area contributed by atoms with Gasteiger partial charge < -0.3 is 8.98 Å². The molecule has 0 radical (unpaired) electrons. The molecule has 1 amide bonds. The number of aryl methyl sites for hydroxylation is 1. The molecule has 2 aromatic heterocycles. The molecule has 0 aliphatic rings. The maximum absolute atomic E-state index is 12.5. The number of imidazole rings is 1. The Balaban J connectivity index is 1.74. The van der Waals surface area contributed by atoms with E-state index in [2.05, 4.69) is 10.3 Å². The Hall–Kier alpha value is -3.12. The summed E-state index contributed by atoms with van der Waals surface area (Å²) in [5.41, 5.74) is 1.12. The molecule has 7 heteroatoms. The number of para-hydroxylation sites is 1. The predicted molar refractivity (Wildman–Crippen MR) is 96.2 cm³/mol. The molecule has 0 fully saturated rings. The molecule has 0 aliphatic carbocycles. The highest BCUT2D eigenvalue weighted by molar-refractivity contribution is 6.31. The van der Waals surface area contributed by atoms with E-state index in [1.54, 1.807) is 48.0 Å². The minimum absolute atomic E-state index is 0.0798. The zero-order chi connectivity index (χ0) is 17.6. The van der Waals surface area contributed by atoms with Crippen LogP contribution in [-0.4, -0.2) is 15.5 Å². The van der Waals surface area contributed by atoms with Crippen molar-refractivity contribution in [2.75, 3.05) is 5.32 Å². The summed E-state index contributed by atoms with van der Waals surface area (Å²) in [7, 11) is 1.77. The molecular formula is C18H12ClN3O3. The van der Waals surface area contributed by atoms with Crippen LogP contribution in [0, 0.1) is 0 Å². The van der Waals surface area contributed by atoms with Crippen molar-refractivity contribution in [2.45, 2.75) is 0 Å². The number of amides is 1. The van der Waals surface area contributed by atoms with E-state index in [1.165, 1.54) is 6.07 Å². The molecule has 4 rings (SSSR count). The summed E-state index contributed by atoms with van der Waals surface area (Å²) >= 11 is 5.97. The first-order valence-electron chi connectivity index (χ1n) is 7.49. The van der Waals surface area contributed by atoms with Gasteiger partial charge in [0.15, 0.2) is 0 Å². The second-order valence-electron chi connectivity index (χ2n) is 5.57. The number of carbonyl (C=O) groups excluding carboxylic acids is 1.